The van der Waals surface area contributed by atoms with Crippen molar-refractivity contribution in [3.8, 4) is 0 Å². The summed E-state index contributed by atoms with van der Waals surface area (Å²) in [5.74, 6) is 1.18. The quantitative estimate of drug-likeness (QED) is 0.214. The molecule has 0 aromatic heterocycles. The molecule has 4 N–H and O–H groups in total. The van der Waals surface area contributed by atoms with Crippen molar-refractivity contribution < 1.29 is 9.59 Å². The van der Waals surface area contributed by atoms with Crippen LogP contribution in [-0.2, 0) is 9.59 Å². The molecule has 0 spiro atoms. The van der Waals surface area contributed by atoms with Gasteiger partial charge < -0.3 is 21.3 Å². The molecule has 0 saturated carbocycles. The first-order chi connectivity index (χ1) is 13.7. The molecule has 1 aliphatic heterocycles. The molecule has 1 saturated heterocycles. The fourth-order valence-electron chi connectivity index (χ4n) is 3.15. The van der Waals surface area contributed by atoms with Crippen LogP contribution in [0.25, 0.3) is 0 Å². The monoisotopic (exact) mass is 415 g/mol. The molecule has 0 bridgehead atoms. The summed E-state index contributed by atoms with van der Waals surface area (Å²) < 4.78 is 0. The summed E-state index contributed by atoms with van der Waals surface area (Å²) in [6, 6.07) is 0. The normalized spacial score (nSPS) is 16.0. The highest BCUT2D eigenvalue weighted by Gasteiger charge is 2.11. The van der Waals surface area contributed by atoms with Crippen molar-refractivity contribution in [2.45, 2.75) is 51.4 Å². The van der Waals surface area contributed by atoms with Crippen LogP contribution in [0, 0.1) is 0 Å². The molecule has 28 heavy (non-hydrogen) atoms. The van der Waals surface area contributed by atoms with Crippen LogP contribution in [0.2, 0.25) is 0 Å². The van der Waals surface area contributed by atoms with Crippen molar-refractivity contribution in [1.29, 1.82) is 0 Å². The molecule has 1 rings (SSSR count). The van der Waals surface area contributed by atoms with E-state index in [1.807, 2.05) is 0 Å². The van der Waals surface area contributed by atoms with E-state index in [1.165, 1.54) is 12.8 Å². The lowest BCUT2D eigenvalue weighted by Crippen LogP contribution is -2.42. The molecule has 0 aromatic rings. The third-order valence-electron chi connectivity index (χ3n) is 4.87. The first-order valence-electron chi connectivity index (χ1n) is 11.0. The lowest BCUT2D eigenvalue weighted by molar-refractivity contribution is -0.122. The zero-order chi connectivity index (χ0) is 20.3. The molecule has 0 unspecified atom stereocenters. The fraction of sp³-hybridized carbons (Fsp3) is 0.900. The second-order valence-corrected chi connectivity index (χ2v) is 7.87. The van der Waals surface area contributed by atoms with Crippen molar-refractivity contribution in [3.63, 3.8) is 0 Å². The summed E-state index contributed by atoms with van der Waals surface area (Å²) in [5, 5.41) is 12.7. The number of carbonyl (C=O) groups is 2. The molecular formula is C20H41N5O2S. The Morgan fingerprint density at radius 2 is 1.32 bits per heavy atom. The maximum atomic E-state index is 12.1. The number of hydrogen-bond donors (Lipinski definition) is 5. The average molecular weight is 416 g/mol. The molecular weight excluding hydrogens is 374 g/mol. The second kappa shape index (κ2) is 18.2. The Morgan fingerprint density at radius 3 is 1.96 bits per heavy atom. The Labute approximate surface area is 176 Å². The molecule has 0 atom stereocenters. The second-order valence-electron chi connectivity index (χ2n) is 7.42. The van der Waals surface area contributed by atoms with Gasteiger partial charge in [0.25, 0.3) is 0 Å². The number of amides is 2. The lowest BCUT2D eigenvalue weighted by Gasteiger charge is -2.20. The highest BCUT2D eigenvalue weighted by Crippen LogP contribution is 2.05. The number of rotatable bonds is 14. The van der Waals surface area contributed by atoms with E-state index in [9.17, 15) is 9.59 Å². The first kappa shape index (κ1) is 25.2. The summed E-state index contributed by atoms with van der Waals surface area (Å²) >= 11 is 4.20. The van der Waals surface area contributed by atoms with Gasteiger partial charge in [0.2, 0.25) is 11.8 Å². The van der Waals surface area contributed by atoms with E-state index in [0.29, 0.717) is 26.1 Å². The van der Waals surface area contributed by atoms with E-state index in [-0.39, 0.29) is 11.8 Å². The first-order valence-corrected chi connectivity index (χ1v) is 11.6. The highest BCUT2D eigenvalue weighted by molar-refractivity contribution is 7.80. The topological polar surface area (TPSA) is 85.5 Å². The predicted molar refractivity (Wildman–Crippen MR) is 119 cm³/mol. The van der Waals surface area contributed by atoms with Gasteiger partial charge in [-0.15, -0.1) is 0 Å². The van der Waals surface area contributed by atoms with Crippen LogP contribution in [0.3, 0.4) is 0 Å². The molecule has 0 aliphatic carbocycles. The van der Waals surface area contributed by atoms with Gasteiger partial charge in [-0.05, 0) is 31.4 Å². The smallest absolute Gasteiger partial charge is 0.234 e. The van der Waals surface area contributed by atoms with Crippen LogP contribution < -0.4 is 21.3 Å². The minimum Gasteiger partial charge on any atom is -0.356 e. The van der Waals surface area contributed by atoms with Crippen molar-refractivity contribution >= 4 is 24.4 Å². The van der Waals surface area contributed by atoms with Crippen molar-refractivity contribution in [1.82, 2.24) is 26.2 Å². The summed E-state index contributed by atoms with van der Waals surface area (Å²) in [6.07, 6.45) is 8.06. The van der Waals surface area contributed by atoms with Gasteiger partial charge in [-0.3, -0.25) is 14.5 Å². The lowest BCUT2D eigenvalue weighted by atomic mass is 10.1. The molecule has 2 amide bonds. The zero-order valence-electron chi connectivity index (χ0n) is 17.4. The maximum absolute atomic E-state index is 12.1. The molecule has 1 aliphatic rings. The number of carbonyl (C=O) groups excluding carboxylic acids is 2. The van der Waals surface area contributed by atoms with Crippen LogP contribution in [0.15, 0.2) is 0 Å². The maximum Gasteiger partial charge on any atom is 0.234 e. The Kier molecular flexibility index (Phi) is 16.4. The SMILES string of the molecule is O=C(CCCCCCCS)NCCCCNC(=O)CN1CCNCCNCC1. The third-order valence-corrected chi connectivity index (χ3v) is 5.18. The summed E-state index contributed by atoms with van der Waals surface area (Å²) in [6.45, 7) is 7.41. The van der Waals surface area contributed by atoms with Crippen molar-refractivity contribution in [2.75, 3.05) is 64.7 Å². The van der Waals surface area contributed by atoms with E-state index < -0.39 is 0 Å². The Balaban J connectivity index is 1.94. The van der Waals surface area contributed by atoms with Crippen LogP contribution in [0.1, 0.15) is 51.4 Å². The summed E-state index contributed by atoms with van der Waals surface area (Å²) in [5.41, 5.74) is 0. The standard InChI is InChI=1S/C20H41N5O2S/c26-19(8-4-2-1-3-7-17-28)23-9-5-6-10-24-20(27)18-25-15-13-21-11-12-22-14-16-25/h21-22,28H,1-18H2,(H,23,26)(H,24,27). The van der Waals surface area contributed by atoms with Crippen molar-refractivity contribution in [2.24, 2.45) is 0 Å². The van der Waals surface area contributed by atoms with Gasteiger partial charge in [0, 0.05) is 58.8 Å². The van der Waals surface area contributed by atoms with Gasteiger partial charge >= 0.3 is 0 Å². The van der Waals surface area contributed by atoms with Gasteiger partial charge in [0.05, 0.1) is 6.54 Å². The molecule has 0 radical (unpaired) electrons. The van der Waals surface area contributed by atoms with Gasteiger partial charge in [-0.1, -0.05) is 19.3 Å². The zero-order valence-corrected chi connectivity index (χ0v) is 18.3. The molecule has 7 nitrogen and oxygen atoms in total. The van der Waals surface area contributed by atoms with Crippen molar-refractivity contribution in [3.05, 3.63) is 0 Å². The minimum absolute atomic E-state index is 0.0844. The molecule has 0 aromatic carbocycles. The van der Waals surface area contributed by atoms with E-state index in [2.05, 4.69) is 38.8 Å². The van der Waals surface area contributed by atoms with E-state index in [0.717, 1.165) is 77.1 Å². The predicted octanol–water partition coefficient (Wildman–Crippen LogP) is 0.764. The minimum atomic E-state index is 0.0844. The third kappa shape index (κ3) is 15.1. The van der Waals surface area contributed by atoms with Gasteiger partial charge in [-0.25, -0.2) is 0 Å². The summed E-state index contributed by atoms with van der Waals surface area (Å²) in [7, 11) is 0. The van der Waals surface area contributed by atoms with Crippen LogP contribution in [-0.4, -0.2) is 81.4 Å². The number of unbranched alkanes of at least 4 members (excludes halogenated alkanes) is 5. The van der Waals surface area contributed by atoms with Gasteiger partial charge in [0.1, 0.15) is 0 Å². The fourth-order valence-corrected chi connectivity index (χ4v) is 3.38. The Morgan fingerprint density at radius 1 is 0.750 bits per heavy atom. The number of hydrogen-bond acceptors (Lipinski definition) is 6. The highest BCUT2D eigenvalue weighted by atomic mass is 32.1. The summed E-state index contributed by atoms with van der Waals surface area (Å²) in [4.78, 5) is 26.0. The number of nitrogens with one attached hydrogen (secondary N) is 4. The van der Waals surface area contributed by atoms with Crippen LogP contribution >= 0.6 is 12.6 Å². The van der Waals surface area contributed by atoms with Crippen LogP contribution in [0.5, 0.6) is 0 Å². The van der Waals surface area contributed by atoms with E-state index >= 15 is 0 Å². The van der Waals surface area contributed by atoms with E-state index in [4.69, 9.17) is 0 Å². The Hall–Kier alpha value is -0.830. The Bertz CT molecular complexity index is 402. The van der Waals surface area contributed by atoms with E-state index in [1.54, 1.807) is 0 Å². The number of thiol groups is 1. The molecule has 1 fully saturated rings. The molecule has 164 valence electrons. The largest absolute Gasteiger partial charge is 0.356 e. The van der Waals surface area contributed by atoms with Gasteiger partial charge in [-0.2, -0.15) is 12.6 Å². The average Bonchev–Trinajstić information content (AvgIpc) is 2.81. The van der Waals surface area contributed by atoms with Crippen LogP contribution in [0.4, 0.5) is 0 Å². The van der Waals surface area contributed by atoms with Gasteiger partial charge in [0.15, 0.2) is 0 Å². The molecule has 1 heterocycles. The number of nitrogens with zero attached hydrogens (tertiary/aromatic N) is 1. The molecule has 8 heteroatoms.